The highest BCUT2D eigenvalue weighted by molar-refractivity contribution is 5.70. The molecule has 0 aliphatic carbocycles. The lowest BCUT2D eigenvalue weighted by Crippen LogP contribution is -2.64. The molecule has 0 aromatic rings. The van der Waals surface area contributed by atoms with Crippen LogP contribution < -0.4 is 0 Å². The van der Waals surface area contributed by atoms with Crippen LogP contribution >= 0.6 is 0 Å². The van der Waals surface area contributed by atoms with Crippen LogP contribution in [0.1, 0.15) is 210 Å². The van der Waals surface area contributed by atoms with Crippen LogP contribution in [0.3, 0.4) is 0 Å². The van der Waals surface area contributed by atoms with Crippen molar-refractivity contribution in [2.75, 3.05) is 26.2 Å². The molecule has 2 aliphatic rings. The Hall–Kier alpha value is -1.14. The number of carbonyl (C=O) groups is 2. The maximum absolute atomic E-state index is 13.2. The summed E-state index contributed by atoms with van der Waals surface area (Å²) in [7, 11) is 0. The molecule has 50 heavy (non-hydrogen) atoms. The molecule has 2 aliphatic heterocycles. The summed E-state index contributed by atoms with van der Waals surface area (Å²) in [5, 5.41) is 0. The lowest BCUT2D eigenvalue weighted by atomic mass is 9.67. The van der Waals surface area contributed by atoms with Crippen LogP contribution in [0, 0.1) is 22.7 Å². The number of hydrogen-bond donors (Lipinski definition) is 0. The van der Waals surface area contributed by atoms with E-state index in [1.165, 1.54) is 77.0 Å². The van der Waals surface area contributed by atoms with Gasteiger partial charge < -0.3 is 9.47 Å². The predicted octanol–water partition coefficient (Wildman–Crippen LogP) is 12.1. The zero-order chi connectivity index (χ0) is 37.3. The minimum absolute atomic E-state index is 0.0515. The molecule has 2 rings (SSSR count). The molecule has 0 spiro atoms. The lowest BCUT2D eigenvalue weighted by Gasteiger charge is -2.56. The summed E-state index contributed by atoms with van der Waals surface area (Å²) >= 11 is 0. The first-order valence-corrected chi connectivity index (χ1v) is 21.6. The van der Waals surface area contributed by atoms with Gasteiger partial charge in [0.2, 0.25) is 0 Å². The molecule has 0 aromatic carbocycles. The van der Waals surface area contributed by atoms with E-state index in [-0.39, 0.29) is 22.8 Å². The quantitative estimate of drug-likeness (QED) is 0.0696. The van der Waals surface area contributed by atoms with Crippen LogP contribution in [0.5, 0.6) is 0 Å². The summed E-state index contributed by atoms with van der Waals surface area (Å²) in [6.45, 7) is 26.7. The monoisotopic (exact) mass is 705 g/mol. The maximum atomic E-state index is 13.2. The van der Waals surface area contributed by atoms with Crippen LogP contribution in [0.15, 0.2) is 0 Å². The zero-order valence-corrected chi connectivity index (χ0v) is 35.1. The molecule has 0 radical (unpaired) electrons. The van der Waals surface area contributed by atoms with Gasteiger partial charge >= 0.3 is 11.9 Å². The highest BCUT2D eigenvalue weighted by atomic mass is 16.6. The molecule has 2 heterocycles. The van der Waals surface area contributed by atoms with Crippen molar-refractivity contribution in [3.63, 3.8) is 0 Å². The smallest absolute Gasteiger partial charge is 0.307 e. The highest BCUT2D eigenvalue weighted by Gasteiger charge is 2.55. The second kappa shape index (κ2) is 22.2. The van der Waals surface area contributed by atoms with E-state index in [2.05, 4.69) is 79.0 Å². The largest absolute Gasteiger partial charge is 0.443 e. The number of carbonyl (C=O) groups excluding carboxylic acids is 2. The van der Waals surface area contributed by atoms with Crippen molar-refractivity contribution < 1.29 is 19.1 Å². The van der Waals surface area contributed by atoms with Gasteiger partial charge in [0.1, 0.15) is 0 Å². The summed E-state index contributed by atoms with van der Waals surface area (Å²) in [4.78, 5) is 31.3. The topological polar surface area (TPSA) is 59.1 Å². The van der Waals surface area contributed by atoms with Gasteiger partial charge in [0, 0.05) is 49.9 Å². The number of unbranched alkanes of at least 4 members (excludes halogenated alkanes) is 15. The Kier molecular flexibility index (Phi) is 20.0. The highest BCUT2D eigenvalue weighted by Crippen LogP contribution is 2.49. The Morgan fingerprint density at radius 1 is 0.500 bits per heavy atom. The van der Waals surface area contributed by atoms with Crippen LogP contribution in [0.25, 0.3) is 0 Å². The van der Waals surface area contributed by atoms with Crippen molar-refractivity contribution >= 4 is 11.9 Å². The number of likely N-dealkylation sites (tertiary alicyclic amines) is 2. The third-order valence-corrected chi connectivity index (χ3v) is 13.9. The molecule has 6 heteroatoms. The van der Waals surface area contributed by atoms with Gasteiger partial charge in [0.25, 0.3) is 0 Å². The number of hydrogen-bond acceptors (Lipinski definition) is 6. The maximum Gasteiger partial charge on any atom is 0.307 e. The molecule has 0 N–H and O–H groups in total. The van der Waals surface area contributed by atoms with Gasteiger partial charge in [0.05, 0.1) is 0 Å². The third kappa shape index (κ3) is 12.8. The van der Waals surface area contributed by atoms with Crippen LogP contribution in [0.4, 0.5) is 0 Å². The van der Waals surface area contributed by atoms with E-state index in [4.69, 9.17) is 9.47 Å². The predicted molar refractivity (Wildman–Crippen MR) is 211 cm³/mol. The summed E-state index contributed by atoms with van der Waals surface area (Å²) in [6, 6.07) is 0. The number of esters is 2. The molecule has 294 valence electrons. The second-order valence-corrected chi connectivity index (χ2v) is 17.9. The summed E-state index contributed by atoms with van der Waals surface area (Å²) in [6.07, 6.45) is 24.6. The molecule has 4 atom stereocenters. The van der Waals surface area contributed by atoms with Crippen molar-refractivity contribution in [3.05, 3.63) is 0 Å². The van der Waals surface area contributed by atoms with Gasteiger partial charge in [-0.2, -0.15) is 0 Å². The molecule has 2 saturated heterocycles. The lowest BCUT2D eigenvalue weighted by molar-refractivity contribution is -0.239. The first kappa shape index (κ1) is 45.0. The van der Waals surface area contributed by atoms with E-state index in [0.29, 0.717) is 24.7 Å². The summed E-state index contributed by atoms with van der Waals surface area (Å²) in [5.41, 5.74) is -1.32. The molecular formula is C44H84N2O4. The van der Waals surface area contributed by atoms with E-state index >= 15 is 0 Å². The molecular weight excluding hydrogens is 620 g/mol. The van der Waals surface area contributed by atoms with Crippen LogP contribution in [-0.2, 0) is 19.1 Å². The van der Waals surface area contributed by atoms with Crippen molar-refractivity contribution in [3.8, 4) is 0 Å². The molecule has 2 fully saturated rings. The molecule has 4 unspecified atom stereocenters. The third-order valence-electron chi connectivity index (χ3n) is 13.9. The van der Waals surface area contributed by atoms with Crippen molar-refractivity contribution in [1.82, 2.24) is 9.80 Å². The van der Waals surface area contributed by atoms with Gasteiger partial charge in [-0.1, -0.05) is 145 Å². The standard InChI is InChI=1S/C44H84N2O4/c1-11-13-15-17-23-27-33-45-35-31-37(3)41(5,6)43(45,9)49-39(47)29-25-21-19-20-22-26-30-40(48)50-44(10)42(7,8)38(4)32-36-46(44)34-28-24-18-16-14-12-2/h37-38H,11-36H2,1-10H3. The van der Waals surface area contributed by atoms with Gasteiger partial charge in [-0.3, -0.25) is 19.4 Å². The summed E-state index contributed by atoms with van der Waals surface area (Å²) < 4.78 is 12.8. The summed E-state index contributed by atoms with van der Waals surface area (Å²) in [5.74, 6) is 0.903. The van der Waals surface area contributed by atoms with E-state index in [1.807, 2.05) is 0 Å². The normalized spacial score (nSPS) is 26.9. The van der Waals surface area contributed by atoms with Crippen LogP contribution in [0.2, 0.25) is 0 Å². The fourth-order valence-corrected chi connectivity index (χ4v) is 8.58. The van der Waals surface area contributed by atoms with E-state index in [9.17, 15) is 9.59 Å². The van der Waals surface area contributed by atoms with Gasteiger partial charge in [-0.25, -0.2) is 0 Å². The van der Waals surface area contributed by atoms with E-state index in [1.54, 1.807) is 0 Å². The Balaban J connectivity index is 1.73. The average molecular weight is 705 g/mol. The van der Waals surface area contributed by atoms with Crippen LogP contribution in [-0.4, -0.2) is 59.4 Å². The van der Waals surface area contributed by atoms with Crippen molar-refractivity contribution in [2.24, 2.45) is 22.7 Å². The Morgan fingerprint density at radius 3 is 1.14 bits per heavy atom. The Bertz CT molecular complexity index is 890. The number of nitrogens with zero attached hydrogens (tertiary/aromatic N) is 2. The fraction of sp³-hybridized carbons (Fsp3) is 0.955. The number of rotatable bonds is 25. The van der Waals surface area contributed by atoms with E-state index in [0.717, 1.165) is 77.5 Å². The first-order valence-electron chi connectivity index (χ1n) is 21.6. The fourth-order valence-electron chi connectivity index (χ4n) is 8.58. The van der Waals surface area contributed by atoms with Gasteiger partial charge in [-0.15, -0.1) is 0 Å². The molecule has 0 saturated carbocycles. The van der Waals surface area contributed by atoms with Crippen molar-refractivity contribution in [1.29, 1.82) is 0 Å². The SMILES string of the molecule is CCCCCCCCN1CCC(C)C(C)(C)C1(C)OC(=O)CCCCCCCCC(=O)OC1(C)N(CCCCCCCC)CCC(C)C1(C)C. The Labute approximate surface area is 310 Å². The molecule has 0 bridgehead atoms. The Morgan fingerprint density at radius 2 is 0.800 bits per heavy atom. The van der Waals surface area contributed by atoms with E-state index < -0.39 is 11.4 Å². The second-order valence-electron chi connectivity index (χ2n) is 17.9. The molecule has 0 amide bonds. The van der Waals surface area contributed by atoms with Gasteiger partial charge in [-0.05, 0) is 64.2 Å². The number of ether oxygens (including phenoxy) is 2. The average Bonchev–Trinajstić information content (AvgIpc) is 3.06. The molecule has 0 aromatic heterocycles. The van der Waals surface area contributed by atoms with Crippen molar-refractivity contribution in [2.45, 2.75) is 222 Å². The minimum Gasteiger partial charge on any atom is -0.443 e. The minimum atomic E-state index is -0.562. The number of piperidine rings is 2. The molecule has 6 nitrogen and oxygen atoms in total. The zero-order valence-electron chi connectivity index (χ0n) is 35.1. The first-order chi connectivity index (χ1) is 23.7. The van der Waals surface area contributed by atoms with Gasteiger partial charge in [0.15, 0.2) is 11.4 Å².